The molecule has 164 valence electrons. The number of sulfonamides is 1. The molecule has 1 aromatic carbocycles. The number of aromatic nitrogens is 1. The van der Waals surface area contributed by atoms with E-state index in [1.165, 1.54) is 11.3 Å². The van der Waals surface area contributed by atoms with E-state index in [2.05, 4.69) is 24.1 Å². The minimum atomic E-state index is -3.45. The summed E-state index contributed by atoms with van der Waals surface area (Å²) in [6.07, 6.45) is 6.58. The SMILES string of the molecule is CCCCCCC(=O)Nc1nc(-c2ccc(S(=O)(=O)N3CCC(C)CC3)cc2)cs1. The van der Waals surface area contributed by atoms with Crippen LogP contribution >= 0.6 is 11.3 Å². The normalized spacial score (nSPS) is 15.9. The molecule has 0 unspecified atom stereocenters. The van der Waals surface area contributed by atoms with Crippen LogP contribution < -0.4 is 5.32 Å². The van der Waals surface area contributed by atoms with Crippen LogP contribution in [-0.2, 0) is 14.8 Å². The van der Waals surface area contributed by atoms with E-state index in [1.54, 1.807) is 28.6 Å². The van der Waals surface area contributed by atoms with Crippen LogP contribution in [0.25, 0.3) is 11.3 Å². The van der Waals surface area contributed by atoms with Gasteiger partial charge in [0.15, 0.2) is 5.13 Å². The number of hydrogen-bond acceptors (Lipinski definition) is 5. The smallest absolute Gasteiger partial charge is 0.243 e. The molecule has 6 nitrogen and oxygen atoms in total. The highest BCUT2D eigenvalue weighted by Gasteiger charge is 2.28. The van der Waals surface area contributed by atoms with Gasteiger partial charge in [-0.05, 0) is 37.3 Å². The van der Waals surface area contributed by atoms with Crippen molar-refractivity contribution in [3.63, 3.8) is 0 Å². The molecule has 2 heterocycles. The van der Waals surface area contributed by atoms with Crippen LogP contribution in [0.15, 0.2) is 34.5 Å². The van der Waals surface area contributed by atoms with Gasteiger partial charge in [0.2, 0.25) is 15.9 Å². The zero-order chi connectivity index (χ0) is 21.6. The Morgan fingerprint density at radius 1 is 1.17 bits per heavy atom. The fourth-order valence-electron chi connectivity index (χ4n) is 3.53. The van der Waals surface area contributed by atoms with Gasteiger partial charge in [-0.15, -0.1) is 11.3 Å². The summed E-state index contributed by atoms with van der Waals surface area (Å²) in [6.45, 7) is 5.47. The van der Waals surface area contributed by atoms with Crippen molar-refractivity contribution in [3.8, 4) is 11.3 Å². The summed E-state index contributed by atoms with van der Waals surface area (Å²) in [7, 11) is -3.45. The Hall–Kier alpha value is -1.77. The lowest BCUT2D eigenvalue weighted by Crippen LogP contribution is -2.37. The Bertz CT molecular complexity index is 931. The van der Waals surface area contributed by atoms with E-state index in [9.17, 15) is 13.2 Å². The van der Waals surface area contributed by atoms with E-state index >= 15 is 0 Å². The summed E-state index contributed by atoms with van der Waals surface area (Å²) in [5.74, 6) is 0.568. The van der Waals surface area contributed by atoms with Gasteiger partial charge in [0.25, 0.3) is 0 Å². The largest absolute Gasteiger partial charge is 0.302 e. The van der Waals surface area contributed by atoms with Crippen LogP contribution in [0.1, 0.15) is 58.8 Å². The molecule has 1 N–H and O–H groups in total. The average Bonchev–Trinajstić information content (AvgIpc) is 3.20. The molecule has 1 amide bonds. The van der Waals surface area contributed by atoms with Gasteiger partial charge < -0.3 is 5.32 Å². The van der Waals surface area contributed by atoms with Crippen molar-refractivity contribution in [2.24, 2.45) is 5.92 Å². The number of unbranched alkanes of at least 4 members (excludes halogenated alkanes) is 3. The summed E-state index contributed by atoms with van der Waals surface area (Å²) < 4.78 is 27.3. The molecule has 1 aliphatic rings. The molecule has 0 saturated carbocycles. The Morgan fingerprint density at radius 2 is 1.87 bits per heavy atom. The van der Waals surface area contributed by atoms with E-state index in [1.807, 2.05) is 5.38 Å². The molecule has 8 heteroatoms. The maximum absolute atomic E-state index is 12.9. The van der Waals surface area contributed by atoms with Gasteiger partial charge in [-0.25, -0.2) is 13.4 Å². The molecule has 1 fully saturated rings. The Balaban J connectivity index is 1.61. The molecule has 30 heavy (non-hydrogen) atoms. The first-order valence-electron chi connectivity index (χ1n) is 10.8. The molecule has 0 bridgehead atoms. The van der Waals surface area contributed by atoms with Crippen LogP contribution in [0.2, 0.25) is 0 Å². The van der Waals surface area contributed by atoms with Gasteiger partial charge in [-0.2, -0.15) is 4.31 Å². The topological polar surface area (TPSA) is 79.4 Å². The monoisotopic (exact) mass is 449 g/mol. The highest BCUT2D eigenvalue weighted by molar-refractivity contribution is 7.89. The zero-order valence-corrected chi connectivity index (χ0v) is 19.4. The first-order chi connectivity index (χ1) is 14.4. The van der Waals surface area contributed by atoms with Gasteiger partial charge in [0.05, 0.1) is 10.6 Å². The van der Waals surface area contributed by atoms with E-state index in [0.29, 0.717) is 35.5 Å². The number of benzene rings is 1. The van der Waals surface area contributed by atoms with Crippen molar-refractivity contribution in [2.45, 2.75) is 63.7 Å². The Kier molecular flexibility index (Phi) is 8.02. The standard InChI is InChI=1S/C22H31N3O3S2/c1-3-4-5-6-7-21(26)24-22-23-20(16-29-22)18-8-10-19(11-9-18)30(27,28)25-14-12-17(2)13-15-25/h8-11,16-17H,3-7,12-15H2,1-2H3,(H,23,24,26). The quantitative estimate of drug-likeness (QED) is 0.538. The molecular formula is C22H31N3O3S2. The van der Waals surface area contributed by atoms with Crippen LogP contribution in [0, 0.1) is 5.92 Å². The minimum Gasteiger partial charge on any atom is -0.302 e. The molecule has 0 radical (unpaired) electrons. The lowest BCUT2D eigenvalue weighted by atomic mass is 10.0. The number of nitrogens with zero attached hydrogens (tertiary/aromatic N) is 2. The van der Waals surface area contributed by atoms with Crippen LogP contribution in [0.3, 0.4) is 0 Å². The number of nitrogens with one attached hydrogen (secondary N) is 1. The highest BCUT2D eigenvalue weighted by Crippen LogP contribution is 2.28. The van der Waals surface area contributed by atoms with Gasteiger partial charge in [0, 0.05) is 30.5 Å². The summed E-state index contributed by atoms with van der Waals surface area (Å²) >= 11 is 1.38. The second-order valence-corrected chi connectivity index (χ2v) is 10.8. The lowest BCUT2D eigenvalue weighted by molar-refractivity contribution is -0.116. The number of anilines is 1. The molecule has 2 aromatic rings. The summed E-state index contributed by atoms with van der Waals surface area (Å²) in [6, 6.07) is 6.86. The Labute approximate surface area is 183 Å². The first kappa shape index (κ1) is 22.9. The third-order valence-corrected chi connectivity index (χ3v) is 8.21. The summed E-state index contributed by atoms with van der Waals surface area (Å²) in [4.78, 5) is 16.8. The maximum Gasteiger partial charge on any atom is 0.243 e. The highest BCUT2D eigenvalue weighted by atomic mass is 32.2. The van der Waals surface area contributed by atoms with Crippen molar-refractivity contribution in [1.29, 1.82) is 0 Å². The van der Waals surface area contributed by atoms with Crippen molar-refractivity contribution in [3.05, 3.63) is 29.6 Å². The fourth-order valence-corrected chi connectivity index (χ4v) is 5.74. The first-order valence-corrected chi connectivity index (χ1v) is 13.1. The second kappa shape index (κ2) is 10.5. The van der Waals surface area contributed by atoms with Gasteiger partial charge in [-0.3, -0.25) is 4.79 Å². The second-order valence-electron chi connectivity index (χ2n) is 8.01. The van der Waals surface area contributed by atoms with E-state index in [4.69, 9.17) is 0 Å². The summed E-state index contributed by atoms with van der Waals surface area (Å²) in [5.41, 5.74) is 1.57. The maximum atomic E-state index is 12.9. The molecule has 0 aliphatic carbocycles. The predicted molar refractivity (Wildman–Crippen MR) is 122 cm³/mol. The van der Waals surface area contributed by atoms with E-state index in [0.717, 1.165) is 49.8 Å². The average molecular weight is 450 g/mol. The van der Waals surface area contributed by atoms with Crippen molar-refractivity contribution in [2.75, 3.05) is 18.4 Å². The number of amides is 1. The number of thiazole rings is 1. The third-order valence-electron chi connectivity index (χ3n) is 5.54. The number of carbonyl (C=O) groups excluding carboxylic acids is 1. The summed E-state index contributed by atoms with van der Waals surface area (Å²) in [5, 5.41) is 5.31. The molecule has 0 spiro atoms. The van der Waals surface area contributed by atoms with Gasteiger partial charge >= 0.3 is 0 Å². The molecule has 3 rings (SSSR count). The Morgan fingerprint density at radius 3 is 2.53 bits per heavy atom. The van der Waals surface area contributed by atoms with E-state index < -0.39 is 10.0 Å². The lowest BCUT2D eigenvalue weighted by Gasteiger charge is -2.29. The third kappa shape index (κ3) is 5.89. The predicted octanol–water partition coefficient (Wildman–Crippen LogP) is 5.14. The zero-order valence-electron chi connectivity index (χ0n) is 17.8. The van der Waals surface area contributed by atoms with Crippen LogP contribution in [-0.4, -0.2) is 36.7 Å². The molecule has 0 atom stereocenters. The van der Waals surface area contributed by atoms with Crippen molar-refractivity contribution in [1.82, 2.24) is 9.29 Å². The molecular weight excluding hydrogens is 418 g/mol. The number of carbonyl (C=O) groups is 1. The van der Waals surface area contributed by atoms with Crippen molar-refractivity contribution < 1.29 is 13.2 Å². The molecule has 1 saturated heterocycles. The van der Waals surface area contributed by atoms with Crippen LogP contribution in [0.4, 0.5) is 5.13 Å². The van der Waals surface area contributed by atoms with Gasteiger partial charge in [0.1, 0.15) is 0 Å². The molecule has 1 aliphatic heterocycles. The van der Waals surface area contributed by atoms with E-state index in [-0.39, 0.29) is 5.91 Å². The number of piperidine rings is 1. The number of hydrogen-bond donors (Lipinski definition) is 1. The number of rotatable bonds is 9. The minimum absolute atomic E-state index is 0.00991. The fraction of sp³-hybridized carbons (Fsp3) is 0.545. The van der Waals surface area contributed by atoms with Crippen molar-refractivity contribution >= 4 is 32.4 Å². The molecule has 1 aromatic heterocycles. The van der Waals surface area contributed by atoms with Crippen LogP contribution in [0.5, 0.6) is 0 Å². The van der Waals surface area contributed by atoms with Gasteiger partial charge in [-0.1, -0.05) is 45.2 Å².